The number of nitrogens with one attached hydrogen (secondary N) is 1. The molecule has 0 spiro atoms. The van der Waals surface area contributed by atoms with Crippen LogP contribution in [0.5, 0.6) is 0 Å². The molecule has 0 bridgehead atoms. The number of anilines is 2. The fourth-order valence-corrected chi connectivity index (χ4v) is 1.81. The molecule has 0 heterocycles. The van der Waals surface area contributed by atoms with Crippen molar-refractivity contribution in [2.45, 2.75) is 13.8 Å². The molecule has 0 saturated heterocycles. The zero-order valence-electron chi connectivity index (χ0n) is 11.4. The Labute approximate surface area is 135 Å². The van der Waals surface area contributed by atoms with Gasteiger partial charge in [-0.3, -0.25) is 0 Å². The van der Waals surface area contributed by atoms with E-state index in [4.69, 9.17) is 5.11 Å². The fourth-order valence-electron chi connectivity index (χ4n) is 1.81. The smallest absolute Gasteiger partial charge is 0.337 e. The summed E-state index contributed by atoms with van der Waals surface area (Å²) >= 11 is 0. The number of carbonyl (C=O) groups is 1. The molecule has 2 aromatic rings. The van der Waals surface area contributed by atoms with E-state index in [0.717, 1.165) is 11.3 Å². The first kappa shape index (κ1) is 15.8. The van der Waals surface area contributed by atoms with Crippen molar-refractivity contribution in [3.05, 3.63) is 59.2 Å². The average Bonchev–Trinajstić information content (AvgIpc) is 2.35. The van der Waals surface area contributed by atoms with Crippen molar-refractivity contribution in [1.29, 1.82) is 0 Å². The molecule has 4 heteroatoms. The van der Waals surface area contributed by atoms with Gasteiger partial charge in [0.15, 0.2) is 0 Å². The normalized spacial score (nSPS) is 9.58. The van der Waals surface area contributed by atoms with E-state index in [1.54, 1.807) is 18.2 Å². The van der Waals surface area contributed by atoms with Crippen LogP contribution >= 0.6 is 0 Å². The SMILES string of the molecule is Cc1cccc(Nc2ccccc2C(=O)O)c1C.[Na]. The minimum Gasteiger partial charge on any atom is -0.478 e. The predicted octanol–water partition coefficient (Wildman–Crippen LogP) is 3.36. The molecule has 0 saturated carbocycles. The van der Waals surface area contributed by atoms with Crippen molar-refractivity contribution in [3.63, 3.8) is 0 Å². The van der Waals surface area contributed by atoms with Gasteiger partial charge in [0.1, 0.15) is 0 Å². The molecular formula is C15H15NNaO2. The second-order valence-electron chi connectivity index (χ2n) is 4.22. The monoisotopic (exact) mass is 264 g/mol. The van der Waals surface area contributed by atoms with Gasteiger partial charge in [-0.05, 0) is 43.2 Å². The van der Waals surface area contributed by atoms with Gasteiger partial charge < -0.3 is 10.4 Å². The fraction of sp³-hybridized carbons (Fsp3) is 0.133. The number of carboxylic acids is 1. The Balaban J connectivity index is 0.00000180. The number of rotatable bonds is 3. The van der Waals surface area contributed by atoms with Gasteiger partial charge in [0, 0.05) is 35.2 Å². The molecule has 0 unspecified atom stereocenters. The van der Waals surface area contributed by atoms with Gasteiger partial charge >= 0.3 is 5.97 Å². The van der Waals surface area contributed by atoms with Crippen LogP contribution in [0.25, 0.3) is 0 Å². The van der Waals surface area contributed by atoms with Crippen LogP contribution in [0.3, 0.4) is 0 Å². The van der Waals surface area contributed by atoms with E-state index in [-0.39, 0.29) is 35.1 Å². The Bertz CT molecular complexity index is 596. The molecule has 0 aliphatic rings. The molecule has 93 valence electrons. The molecule has 1 radical (unpaired) electrons. The molecular weight excluding hydrogens is 249 g/mol. The van der Waals surface area contributed by atoms with Crippen LogP contribution in [0.4, 0.5) is 11.4 Å². The second kappa shape index (κ2) is 6.75. The first-order valence-electron chi connectivity index (χ1n) is 5.75. The molecule has 2 aromatic carbocycles. The molecule has 0 amide bonds. The van der Waals surface area contributed by atoms with Crippen LogP contribution in [-0.2, 0) is 0 Å². The number of hydrogen-bond acceptors (Lipinski definition) is 2. The van der Waals surface area contributed by atoms with E-state index < -0.39 is 5.97 Å². The number of aryl methyl sites for hydroxylation is 1. The first-order valence-corrected chi connectivity index (χ1v) is 5.75. The number of para-hydroxylation sites is 1. The standard InChI is InChI=1S/C15H15NO2.Na/c1-10-6-5-9-13(11(10)2)16-14-8-4-3-7-12(14)15(17)18;/h3-9,16H,1-2H3,(H,17,18);. The molecule has 0 atom stereocenters. The topological polar surface area (TPSA) is 49.3 Å². The molecule has 2 N–H and O–H groups in total. The van der Waals surface area contributed by atoms with Crippen molar-refractivity contribution in [2.75, 3.05) is 5.32 Å². The molecule has 0 fully saturated rings. The average molecular weight is 264 g/mol. The van der Waals surface area contributed by atoms with Crippen LogP contribution in [0, 0.1) is 13.8 Å². The predicted molar refractivity (Wildman–Crippen MR) is 78.4 cm³/mol. The van der Waals surface area contributed by atoms with Gasteiger partial charge in [-0.1, -0.05) is 24.3 Å². The second-order valence-corrected chi connectivity index (χ2v) is 4.22. The van der Waals surface area contributed by atoms with Crippen molar-refractivity contribution in [2.24, 2.45) is 0 Å². The third-order valence-corrected chi connectivity index (χ3v) is 3.03. The minimum atomic E-state index is -0.927. The summed E-state index contributed by atoms with van der Waals surface area (Å²) in [4.78, 5) is 11.1. The molecule has 0 aromatic heterocycles. The summed E-state index contributed by atoms with van der Waals surface area (Å²) in [5.74, 6) is -0.927. The minimum absolute atomic E-state index is 0. The van der Waals surface area contributed by atoms with Crippen LogP contribution in [0.2, 0.25) is 0 Å². The summed E-state index contributed by atoms with van der Waals surface area (Å²) in [6.45, 7) is 4.05. The first-order chi connectivity index (χ1) is 8.59. The summed E-state index contributed by atoms with van der Waals surface area (Å²) in [5, 5.41) is 12.3. The zero-order valence-corrected chi connectivity index (χ0v) is 13.4. The largest absolute Gasteiger partial charge is 0.478 e. The van der Waals surface area contributed by atoms with E-state index in [1.165, 1.54) is 5.56 Å². The van der Waals surface area contributed by atoms with E-state index in [2.05, 4.69) is 5.32 Å². The molecule has 0 aliphatic heterocycles. The Kier molecular flexibility index (Phi) is 5.60. The van der Waals surface area contributed by atoms with Gasteiger partial charge in [-0.25, -0.2) is 4.79 Å². The number of benzene rings is 2. The van der Waals surface area contributed by atoms with Gasteiger partial charge in [0.2, 0.25) is 0 Å². The van der Waals surface area contributed by atoms with Crippen LogP contribution in [-0.4, -0.2) is 40.6 Å². The van der Waals surface area contributed by atoms with E-state index >= 15 is 0 Å². The van der Waals surface area contributed by atoms with Crippen molar-refractivity contribution >= 4 is 46.9 Å². The van der Waals surface area contributed by atoms with Crippen molar-refractivity contribution < 1.29 is 9.90 Å². The van der Waals surface area contributed by atoms with E-state index in [0.29, 0.717) is 5.69 Å². The maximum Gasteiger partial charge on any atom is 0.337 e. The summed E-state index contributed by atoms with van der Waals surface area (Å²) in [6.07, 6.45) is 0. The van der Waals surface area contributed by atoms with E-state index in [1.807, 2.05) is 38.1 Å². The third kappa shape index (κ3) is 3.60. The zero-order chi connectivity index (χ0) is 13.1. The number of carboxylic acid groups (broad SMARTS) is 1. The van der Waals surface area contributed by atoms with Crippen molar-refractivity contribution in [1.82, 2.24) is 0 Å². The summed E-state index contributed by atoms with van der Waals surface area (Å²) in [7, 11) is 0. The summed E-state index contributed by atoms with van der Waals surface area (Å²) in [5.41, 5.74) is 4.12. The number of aromatic carboxylic acids is 1. The van der Waals surface area contributed by atoms with Crippen LogP contribution < -0.4 is 5.32 Å². The molecule has 2 rings (SSSR count). The van der Waals surface area contributed by atoms with E-state index in [9.17, 15) is 4.79 Å². The van der Waals surface area contributed by atoms with Gasteiger partial charge in [0.05, 0.1) is 11.3 Å². The number of hydrogen-bond donors (Lipinski definition) is 2. The Morgan fingerprint density at radius 2 is 1.63 bits per heavy atom. The van der Waals surface area contributed by atoms with Gasteiger partial charge in [-0.2, -0.15) is 0 Å². The maximum absolute atomic E-state index is 11.1. The van der Waals surface area contributed by atoms with Crippen LogP contribution in [0.15, 0.2) is 42.5 Å². The maximum atomic E-state index is 11.1. The van der Waals surface area contributed by atoms with Gasteiger partial charge in [-0.15, -0.1) is 0 Å². The third-order valence-electron chi connectivity index (χ3n) is 3.03. The van der Waals surface area contributed by atoms with Crippen molar-refractivity contribution in [3.8, 4) is 0 Å². The summed E-state index contributed by atoms with van der Waals surface area (Å²) in [6, 6.07) is 12.8. The van der Waals surface area contributed by atoms with Gasteiger partial charge in [0.25, 0.3) is 0 Å². The Hall–Kier alpha value is -1.29. The molecule has 0 aliphatic carbocycles. The summed E-state index contributed by atoms with van der Waals surface area (Å²) < 4.78 is 0. The molecule has 3 nitrogen and oxygen atoms in total. The molecule has 19 heavy (non-hydrogen) atoms. The Morgan fingerprint density at radius 3 is 2.32 bits per heavy atom. The quantitative estimate of drug-likeness (QED) is 0.836. The Morgan fingerprint density at radius 1 is 1.00 bits per heavy atom. The van der Waals surface area contributed by atoms with Crippen LogP contribution in [0.1, 0.15) is 21.5 Å².